The zero-order valence-electron chi connectivity index (χ0n) is 15.7. The number of carbonyl (C=O) groups is 1. The van der Waals surface area contributed by atoms with Crippen molar-refractivity contribution < 1.29 is 4.79 Å². The highest BCUT2D eigenvalue weighted by Crippen LogP contribution is 2.23. The summed E-state index contributed by atoms with van der Waals surface area (Å²) in [6.45, 7) is 3.15. The van der Waals surface area contributed by atoms with Crippen LogP contribution in [0.5, 0.6) is 0 Å². The molecule has 144 valence electrons. The van der Waals surface area contributed by atoms with Crippen LogP contribution in [0.4, 0.5) is 10.8 Å². The molecule has 1 fully saturated rings. The zero-order valence-corrected chi connectivity index (χ0v) is 16.5. The first-order valence-electron chi connectivity index (χ1n) is 9.61. The molecule has 3 aromatic rings. The molecule has 5 nitrogen and oxygen atoms in total. The van der Waals surface area contributed by atoms with Gasteiger partial charge in [0.15, 0.2) is 5.13 Å². The first-order valence-corrected chi connectivity index (χ1v) is 10.4. The molecule has 0 unspecified atom stereocenters. The number of anilines is 2. The second-order valence-electron chi connectivity index (χ2n) is 7.03. The van der Waals surface area contributed by atoms with Crippen LogP contribution in [0.25, 0.3) is 0 Å². The minimum atomic E-state index is -0.116. The summed E-state index contributed by atoms with van der Waals surface area (Å²) in [5.74, 6) is -0.116. The van der Waals surface area contributed by atoms with Gasteiger partial charge in [0.2, 0.25) is 0 Å². The fourth-order valence-corrected chi connectivity index (χ4v) is 4.20. The molecule has 0 atom stereocenters. The van der Waals surface area contributed by atoms with Gasteiger partial charge in [0, 0.05) is 31.4 Å². The van der Waals surface area contributed by atoms with Gasteiger partial charge in [-0.1, -0.05) is 59.9 Å². The molecule has 1 aromatic heterocycles. The van der Waals surface area contributed by atoms with Crippen molar-refractivity contribution in [3.05, 3.63) is 77.3 Å². The number of nitrogens with zero attached hydrogens (tertiary/aromatic N) is 2. The third-order valence-electron chi connectivity index (χ3n) is 4.93. The Bertz CT molecular complexity index is 889. The Morgan fingerprint density at radius 2 is 1.71 bits per heavy atom. The van der Waals surface area contributed by atoms with E-state index in [0.717, 1.165) is 43.3 Å². The summed E-state index contributed by atoms with van der Waals surface area (Å²) in [5, 5.41) is 7.23. The minimum Gasteiger partial charge on any atom is -0.359 e. The highest BCUT2D eigenvalue weighted by atomic mass is 32.1. The van der Waals surface area contributed by atoms with E-state index in [1.165, 1.54) is 16.9 Å². The Hall–Kier alpha value is -2.70. The lowest BCUT2D eigenvalue weighted by Gasteiger charge is -2.32. The molecule has 2 N–H and O–H groups in total. The van der Waals surface area contributed by atoms with Gasteiger partial charge in [0.25, 0.3) is 5.91 Å². The SMILES string of the molecule is O=C(Nc1ccccc1)c1cnc(NC2CCN(Cc3ccccc3)CC2)s1. The number of rotatable bonds is 6. The summed E-state index contributed by atoms with van der Waals surface area (Å²) >= 11 is 1.41. The van der Waals surface area contributed by atoms with E-state index in [-0.39, 0.29) is 5.91 Å². The van der Waals surface area contributed by atoms with Crippen LogP contribution < -0.4 is 10.6 Å². The topological polar surface area (TPSA) is 57.3 Å². The Balaban J connectivity index is 1.26. The average Bonchev–Trinajstić information content (AvgIpc) is 3.20. The molecule has 1 saturated heterocycles. The van der Waals surface area contributed by atoms with Crippen LogP contribution in [0.2, 0.25) is 0 Å². The van der Waals surface area contributed by atoms with Crippen molar-refractivity contribution >= 4 is 28.1 Å². The summed E-state index contributed by atoms with van der Waals surface area (Å²) in [6.07, 6.45) is 3.81. The molecule has 2 heterocycles. The maximum atomic E-state index is 12.4. The van der Waals surface area contributed by atoms with E-state index in [2.05, 4.69) is 50.8 Å². The van der Waals surface area contributed by atoms with Crippen molar-refractivity contribution in [1.29, 1.82) is 0 Å². The molecular formula is C22H24N4OS. The number of piperidine rings is 1. The van der Waals surface area contributed by atoms with Crippen LogP contribution in [0.3, 0.4) is 0 Å². The van der Waals surface area contributed by atoms with E-state index in [1.54, 1.807) is 6.20 Å². The number of likely N-dealkylation sites (tertiary alicyclic amines) is 1. The van der Waals surface area contributed by atoms with Gasteiger partial charge in [-0.15, -0.1) is 0 Å². The normalized spacial score (nSPS) is 15.3. The van der Waals surface area contributed by atoms with Crippen molar-refractivity contribution in [2.45, 2.75) is 25.4 Å². The number of para-hydroxylation sites is 1. The van der Waals surface area contributed by atoms with Gasteiger partial charge in [0.1, 0.15) is 4.88 Å². The maximum absolute atomic E-state index is 12.4. The number of hydrogen-bond donors (Lipinski definition) is 2. The number of amides is 1. The second kappa shape index (κ2) is 8.99. The first-order chi connectivity index (χ1) is 13.8. The highest BCUT2D eigenvalue weighted by Gasteiger charge is 2.20. The molecule has 4 rings (SSSR count). The molecular weight excluding hydrogens is 368 g/mol. The van der Waals surface area contributed by atoms with Crippen LogP contribution in [0, 0.1) is 0 Å². The van der Waals surface area contributed by atoms with Crippen LogP contribution in [-0.4, -0.2) is 34.9 Å². The van der Waals surface area contributed by atoms with Crippen molar-refractivity contribution in [3.63, 3.8) is 0 Å². The van der Waals surface area contributed by atoms with Crippen molar-refractivity contribution in [2.24, 2.45) is 0 Å². The predicted molar refractivity (Wildman–Crippen MR) is 115 cm³/mol. The van der Waals surface area contributed by atoms with Gasteiger partial charge >= 0.3 is 0 Å². The number of aromatic nitrogens is 1. The largest absolute Gasteiger partial charge is 0.359 e. The molecule has 28 heavy (non-hydrogen) atoms. The van der Waals surface area contributed by atoms with E-state index in [9.17, 15) is 4.79 Å². The summed E-state index contributed by atoms with van der Waals surface area (Å²) < 4.78 is 0. The molecule has 6 heteroatoms. The van der Waals surface area contributed by atoms with Crippen molar-refractivity contribution in [3.8, 4) is 0 Å². The number of carbonyl (C=O) groups excluding carboxylic acids is 1. The fraction of sp³-hybridized carbons (Fsp3) is 0.273. The summed E-state index contributed by atoms with van der Waals surface area (Å²) in [5.41, 5.74) is 2.16. The zero-order chi connectivity index (χ0) is 19.2. The van der Waals surface area contributed by atoms with Crippen molar-refractivity contribution in [1.82, 2.24) is 9.88 Å². The van der Waals surface area contributed by atoms with Crippen LogP contribution >= 0.6 is 11.3 Å². The molecule has 1 aliphatic rings. The third kappa shape index (κ3) is 4.97. The molecule has 0 bridgehead atoms. The Morgan fingerprint density at radius 3 is 2.43 bits per heavy atom. The standard InChI is InChI=1S/C22H24N4OS/c27-21(24-18-9-5-2-6-10-18)20-15-23-22(28-20)25-19-11-13-26(14-12-19)16-17-7-3-1-4-8-17/h1-10,15,19H,11-14,16H2,(H,23,25)(H,24,27). The van der Waals surface area contributed by atoms with Gasteiger partial charge in [0.05, 0.1) is 6.20 Å². The predicted octanol–water partition coefficient (Wildman–Crippen LogP) is 4.47. The quantitative estimate of drug-likeness (QED) is 0.650. The smallest absolute Gasteiger partial charge is 0.267 e. The monoisotopic (exact) mass is 392 g/mol. The fourth-order valence-electron chi connectivity index (χ4n) is 3.41. The minimum absolute atomic E-state index is 0.116. The molecule has 0 aliphatic carbocycles. The van der Waals surface area contributed by atoms with Crippen molar-refractivity contribution in [2.75, 3.05) is 23.7 Å². The van der Waals surface area contributed by atoms with Crippen LogP contribution in [0.15, 0.2) is 66.9 Å². The van der Waals surface area contributed by atoms with E-state index in [4.69, 9.17) is 0 Å². The lowest BCUT2D eigenvalue weighted by Crippen LogP contribution is -2.38. The van der Waals surface area contributed by atoms with Gasteiger partial charge in [-0.3, -0.25) is 9.69 Å². The number of benzene rings is 2. The van der Waals surface area contributed by atoms with Gasteiger partial charge in [-0.2, -0.15) is 0 Å². The summed E-state index contributed by atoms with van der Waals surface area (Å²) in [7, 11) is 0. The molecule has 1 aliphatic heterocycles. The summed E-state index contributed by atoms with van der Waals surface area (Å²) in [6, 6.07) is 20.5. The van der Waals surface area contributed by atoms with E-state index in [0.29, 0.717) is 10.9 Å². The molecule has 0 saturated carbocycles. The molecule has 1 amide bonds. The Labute approximate surface area is 169 Å². The van der Waals surface area contributed by atoms with Gasteiger partial charge < -0.3 is 10.6 Å². The van der Waals surface area contributed by atoms with E-state index in [1.807, 2.05) is 30.3 Å². The number of hydrogen-bond acceptors (Lipinski definition) is 5. The highest BCUT2D eigenvalue weighted by molar-refractivity contribution is 7.17. The van der Waals surface area contributed by atoms with E-state index < -0.39 is 0 Å². The van der Waals surface area contributed by atoms with Gasteiger partial charge in [-0.05, 0) is 30.5 Å². The van der Waals surface area contributed by atoms with Crippen LogP contribution in [-0.2, 0) is 6.54 Å². The summed E-state index contributed by atoms with van der Waals surface area (Å²) in [4.78, 5) is 19.9. The Morgan fingerprint density at radius 1 is 1.04 bits per heavy atom. The molecule has 2 aromatic carbocycles. The van der Waals surface area contributed by atoms with Crippen LogP contribution in [0.1, 0.15) is 28.1 Å². The van der Waals surface area contributed by atoms with Gasteiger partial charge in [-0.25, -0.2) is 4.98 Å². The molecule has 0 spiro atoms. The first kappa shape index (κ1) is 18.7. The number of thiazole rings is 1. The van der Waals surface area contributed by atoms with E-state index >= 15 is 0 Å². The second-order valence-corrected chi connectivity index (χ2v) is 8.06. The molecule has 0 radical (unpaired) electrons. The average molecular weight is 393 g/mol. The Kier molecular flexibility index (Phi) is 5.99. The number of nitrogens with one attached hydrogen (secondary N) is 2. The third-order valence-corrected chi connectivity index (χ3v) is 5.85. The maximum Gasteiger partial charge on any atom is 0.267 e. The lowest BCUT2D eigenvalue weighted by atomic mass is 10.0. The lowest BCUT2D eigenvalue weighted by molar-refractivity contribution is 0.103.